The monoisotopic (exact) mass is 440 g/mol. The standard InChI is InChI=1S/C23H24N2O3S2/c1-3-28-19-12-10-18(11-13-19)24-21(26)5-4-14-25-22(27)20(30-23(25)29)15-17-8-6-16(2)7-9-17/h6-13,15H,3-5,14H2,1-2H3,(H,24,26)/b20-15+. The largest absolute Gasteiger partial charge is 0.494 e. The summed E-state index contributed by atoms with van der Waals surface area (Å²) in [4.78, 5) is 27.1. The number of aryl methyl sites for hydroxylation is 1. The molecule has 1 heterocycles. The van der Waals surface area contributed by atoms with Crippen LogP contribution in [0.1, 0.15) is 30.9 Å². The third-order valence-electron chi connectivity index (χ3n) is 4.48. The van der Waals surface area contributed by atoms with Gasteiger partial charge in [0.15, 0.2) is 0 Å². The lowest BCUT2D eigenvalue weighted by atomic mass is 10.1. The van der Waals surface area contributed by atoms with Crippen LogP contribution in [0.5, 0.6) is 5.75 Å². The van der Waals surface area contributed by atoms with Gasteiger partial charge in [0.2, 0.25) is 5.91 Å². The molecule has 1 aliphatic rings. The quantitative estimate of drug-likeness (QED) is 0.462. The molecular formula is C23H24N2O3S2. The molecule has 1 fully saturated rings. The predicted molar refractivity (Wildman–Crippen MR) is 127 cm³/mol. The highest BCUT2D eigenvalue weighted by Crippen LogP contribution is 2.32. The first-order valence-corrected chi connectivity index (χ1v) is 11.0. The molecule has 156 valence electrons. The molecule has 3 rings (SSSR count). The minimum absolute atomic E-state index is 0.0974. The van der Waals surface area contributed by atoms with Crippen LogP contribution in [0.15, 0.2) is 53.4 Å². The first-order chi connectivity index (χ1) is 14.5. The van der Waals surface area contributed by atoms with Crippen LogP contribution in [0.4, 0.5) is 5.69 Å². The minimum atomic E-state index is -0.0995. The van der Waals surface area contributed by atoms with E-state index >= 15 is 0 Å². The van der Waals surface area contributed by atoms with Crippen LogP contribution in [-0.2, 0) is 9.59 Å². The van der Waals surface area contributed by atoms with Gasteiger partial charge in [-0.3, -0.25) is 14.5 Å². The second-order valence-corrected chi connectivity index (χ2v) is 8.53. The highest BCUT2D eigenvalue weighted by atomic mass is 32.2. The van der Waals surface area contributed by atoms with E-state index in [1.165, 1.54) is 17.3 Å². The van der Waals surface area contributed by atoms with E-state index in [9.17, 15) is 9.59 Å². The zero-order chi connectivity index (χ0) is 21.5. The van der Waals surface area contributed by atoms with Crippen molar-refractivity contribution in [2.24, 2.45) is 0 Å². The average molecular weight is 441 g/mol. The highest BCUT2D eigenvalue weighted by Gasteiger charge is 2.31. The van der Waals surface area contributed by atoms with Crippen molar-refractivity contribution in [2.75, 3.05) is 18.5 Å². The van der Waals surface area contributed by atoms with Crippen molar-refractivity contribution in [3.05, 3.63) is 64.6 Å². The molecule has 30 heavy (non-hydrogen) atoms. The summed E-state index contributed by atoms with van der Waals surface area (Å²) in [5, 5.41) is 2.86. The minimum Gasteiger partial charge on any atom is -0.494 e. The summed E-state index contributed by atoms with van der Waals surface area (Å²) in [6, 6.07) is 15.2. The van der Waals surface area contributed by atoms with Gasteiger partial charge in [0.1, 0.15) is 10.1 Å². The molecule has 7 heteroatoms. The number of ether oxygens (including phenoxy) is 1. The van der Waals surface area contributed by atoms with Gasteiger partial charge in [0.05, 0.1) is 11.5 Å². The predicted octanol–water partition coefficient (Wildman–Crippen LogP) is 5.01. The van der Waals surface area contributed by atoms with E-state index in [1.807, 2.05) is 56.3 Å². The Kier molecular flexibility index (Phi) is 7.65. The summed E-state index contributed by atoms with van der Waals surface area (Å²) in [6.45, 7) is 4.97. The van der Waals surface area contributed by atoms with E-state index in [0.717, 1.165) is 17.0 Å². The van der Waals surface area contributed by atoms with Crippen LogP contribution in [-0.4, -0.2) is 34.2 Å². The van der Waals surface area contributed by atoms with Crippen LogP contribution >= 0.6 is 24.0 Å². The fourth-order valence-electron chi connectivity index (χ4n) is 2.93. The number of hydrogen-bond donors (Lipinski definition) is 1. The number of thioether (sulfide) groups is 1. The van der Waals surface area contributed by atoms with Crippen molar-refractivity contribution in [2.45, 2.75) is 26.7 Å². The summed E-state index contributed by atoms with van der Waals surface area (Å²) in [5.74, 6) is 0.570. The van der Waals surface area contributed by atoms with Gasteiger partial charge in [-0.2, -0.15) is 0 Å². The van der Waals surface area contributed by atoms with Gasteiger partial charge >= 0.3 is 0 Å². The second kappa shape index (κ2) is 10.4. The fraction of sp³-hybridized carbons (Fsp3) is 0.261. The third-order valence-corrected chi connectivity index (χ3v) is 5.86. The molecule has 0 aliphatic carbocycles. The summed E-state index contributed by atoms with van der Waals surface area (Å²) < 4.78 is 5.92. The van der Waals surface area contributed by atoms with E-state index in [0.29, 0.717) is 35.2 Å². The zero-order valence-corrected chi connectivity index (χ0v) is 18.6. The van der Waals surface area contributed by atoms with Crippen LogP contribution in [0.25, 0.3) is 6.08 Å². The number of carbonyl (C=O) groups is 2. The maximum absolute atomic E-state index is 12.7. The normalized spacial score (nSPS) is 15.0. The number of amides is 2. The molecule has 0 atom stereocenters. The maximum atomic E-state index is 12.7. The van der Waals surface area contributed by atoms with Crippen LogP contribution in [0.2, 0.25) is 0 Å². The van der Waals surface area contributed by atoms with Crippen molar-refractivity contribution < 1.29 is 14.3 Å². The van der Waals surface area contributed by atoms with Crippen molar-refractivity contribution in [3.63, 3.8) is 0 Å². The Morgan fingerprint density at radius 3 is 2.53 bits per heavy atom. The molecule has 1 N–H and O–H groups in total. The Morgan fingerprint density at radius 1 is 1.17 bits per heavy atom. The van der Waals surface area contributed by atoms with E-state index in [-0.39, 0.29) is 11.8 Å². The van der Waals surface area contributed by atoms with Crippen LogP contribution < -0.4 is 10.1 Å². The average Bonchev–Trinajstić information content (AvgIpc) is 2.99. The SMILES string of the molecule is CCOc1ccc(NC(=O)CCCN2C(=O)/C(=C\c3ccc(C)cc3)SC2=S)cc1. The number of anilines is 1. The van der Waals surface area contributed by atoms with Crippen molar-refractivity contribution >= 4 is 51.9 Å². The Labute approximate surface area is 186 Å². The molecule has 2 aromatic rings. The van der Waals surface area contributed by atoms with Crippen LogP contribution in [0, 0.1) is 6.92 Å². The van der Waals surface area contributed by atoms with E-state index in [2.05, 4.69) is 5.32 Å². The molecule has 0 bridgehead atoms. The topological polar surface area (TPSA) is 58.6 Å². The van der Waals surface area contributed by atoms with Gasteiger partial charge in [-0.05, 0) is 56.2 Å². The summed E-state index contributed by atoms with van der Waals surface area (Å²) in [5.41, 5.74) is 2.86. The molecule has 0 unspecified atom stereocenters. The summed E-state index contributed by atoms with van der Waals surface area (Å²) in [7, 11) is 0. The third kappa shape index (κ3) is 5.93. The number of nitrogens with one attached hydrogen (secondary N) is 1. The lowest BCUT2D eigenvalue weighted by molar-refractivity contribution is -0.122. The van der Waals surface area contributed by atoms with Gasteiger partial charge in [0, 0.05) is 18.7 Å². The van der Waals surface area contributed by atoms with Gasteiger partial charge in [-0.25, -0.2) is 0 Å². The molecule has 0 aromatic heterocycles. The summed E-state index contributed by atoms with van der Waals surface area (Å²) in [6.07, 6.45) is 2.70. The van der Waals surface area contributed by atoms with Gasteiger partial charge in [0.25, 0.3) is 5.91 Å². The number of carbonyl (C=O) groups excluding carboxylic acids is 2. The first kappa shape index (κ1) is 22.1. The number of thiocarbonyl (C=S) groups is 1. The maximum Gasteiger partial charge on any atom is 0.266 e. The second-order valence-electron chi connectivity index (χ2n) is 6.85. The van der Waals surface area contributed by atoms with Crippen molar-refractivity contribution in [1.29, 1.82) is 0 Å². The van der Waals surface area contributed by atoms with E-state index < -0.39 is 0 Å². The zero-order valence-electron chi connectivity index (χ0n) is 17.0. The van der Waals surface area contributed by atoms with Gasteiger partial charge in [-0.15, -0.1) is 0 Å². The van der Waals surface area contributed by atoms with Crippen molar-refractivity contribution in [1.82, 2.24) is 4.90 Å². The Hall–Kier alpha value is -2.64. The number of rotatable bonds is 8. The number of hydrogen-bond acceptors (Lipinski definition) is 5. The highest BCUT2D eigenvalue weighted by molar-refractivity contribution is 8.26. The van der Waals surface area contributed by atoms with Crippen molar-refractivity contribution in [3.8, 4) is 5.75 Å². The Bertz CT molecular complexity index is 953. The molecule has 2 amide bonds. The summed E-state index contributed by atoms with van der Waals surface area (Å²) >= 11 is 6.67. The number of benzene rings is 2. The smallest absolute Gasteiger partial charge is 0.266 e. The Balaban J connectivity index is 1.49. The lowest BCUT2D eigenvalue weighted by Crippen LogP contribution is -2.29. The molecule has 1 aliphatic heterocycles. The van der Waals surface area contributed by atoms with Gasteiger partial charge in [-0.1, -0.05) is 53.8 Å². The fourth-order valence-corrected chi connectivity index (χ4v) is 4.24. The molecule has 5 nitrogen and oxygen atoms in total. The first-order valence-electron chi connectivity index (χ1n) is 9.81. The van der Waals surface area contributed by atoms with Crippen LogP contribution in [0.3, 0.4) is 0 Å². The lowest BCUT2D eigenvalue weighted by Gasteiger charge is -2.14. The molecular weight excluding hydrogens is 416 g/mol. The molecule has 0 radical (unpaired) electrons. The van der Waals surface area contributed by atoms with Gasteiger partial charge < -0.3 is 10.1 Å². The number of nitrogens with zero attached hydrogens (tertiary/aromatic N) is 1. The van der Waals surface area contributed by atoms with E-state index in [4.69, 9.17) is 17.0 Å². The van der Waals surface area contributed by atoms with E-state index in [1.54, 1.807) is 17.0 Å². The molecule has 2 aromatic carbocycles. The molecule has 1 saturated heterocycles. The molecule has 0 spiro atoms. The Morgan fingerprint density at radius 2 is 1.87 bits per heavy atom. The molecule has 0 saturated carbocycles.